The molecule has 0 unspecified atom stereocenters. The van der Waals surface area contributed by atoms with Crippen LogP contribution >= 0.6 is 0 Å². The molecule has 2 heteroatoms. The van der Waals surface area contributed by atoms with Crippen LogP contribution in [0, 0.1) is 0 Å². The molecule has 0 heterocycles. The van der Waals surface area contributed by atoms with Crippen LogP contribution in [0.4, 0.5) is 0 Å². The fourth-order valence-corrected chi connectivity index (χ4v) is 1.02. The van der Waals surface area contributed by atoms with Gasteiger partial charge in [0, 0.05) is 6.61 Å². The highest BCUT2D eigenvalue weighted by molar-refractivity contribution is 4.76. The monoisotopic (exact) mass is 146 g/mol. The van der Waals surface area contributed by atoms with Crippen molar-refractivity contribution in [1.29, 1.82) is 0 Å². The van der Waals surface area contributed by atoms with Crippen molar-refractivity contribution in [2.24, 2.45) is 0 Å². The molecule has 62 valence electrons. The highest BCUT2D eigenvalue weighted by Crippen LogP contribution is 2.14. The Labute approximate surface area is 63.2 Å². The number of aliphatic hydroxyl groups is 1. The SMILES string of the molecule is CCO[C@H](CC)C(C)(C)O. The van der Waals surface area contributed by atoms with Crippen LogP contribution in [0.5, 0.6) is 0 Å². The molecule has 0 aromatic rings. The third kappa shape index (κ3) is 3.18. The summed E-state index contributed by atoms with van der Waals surface area (Å²) in [5.74, 6) is 0. The zero-order valence-electron chi connectivity index (χ0n) is 7.35. The van der Waals surface area contributed by atoms with Crippen molar-refractivity contribution in [3.8, 4) is 0 Å². The van der Waals surface area contributed by atoms with E-state index in [1.165, 1.54) is 0 Å². The van der Waals surface area contributed by atoms with E-state index in [2.05, 4.69) is 0 Å². The number of hydrogen-bond donors (Lipinski definition) is 1. The van der Waals surface area contributed by atoms with Crippen LogP contribution < -0.4 is 0 Å². The summed E-state index contributed by atoms with van der Waals surface area (Å²) < 4.78 is 5.31. The lowest BCUT2D eigenvalue weighted by Gasteiger charge is -2.27. The maximum Gasteiger partial charge on any atom is 0.0853 e. The van der Waals surface area contributed by atoms with Gasteiger partial charge in [-0.05, 0) is 27.2 Å². The highest BCUT2D eigenvalue weighted by Gasteiger charge is 2.24. The quantitative estimate of drug-likeness (QED) is 0.652. The summed E-state index contributed by atoms with van der Waals surface area (Å²) in [6.45, 7) is 8.17. The van der Waals surface area contributed by atoms with Crippen LogP contribution in [0.15, 0.2) is 0 Å². The Hall–Kier alpha value is -0.0800. The first-order valence-electron chi connectivity index (χ1n) is 3.86. The molecule has 0 aliphatic carbocycles. The minimum Gasteiger partial charge on any atom is -0.388 e. The number of ether oxygens (including phenoxy) is 1. The summed E-state index contributed by atoms with van der Waals surface area (Å²) >= 11 is 0. The van der Waals surface area contributed by atoms with Crippen molar-refractivity contribution in [2.75, 3.05) is 6.61 Å². The lowest BCUT2D eigenvalue weighted by molar-refractivity contribution is -0.0858. The molecule has 0 bridgehead atoms. The van der Waals surface area contributed by atoms with Gasteiger partial charge in [-0.1, -0.05) is 6.92 Å². The molecular formula is C8H18O2. The summed E-state index contributed by atoms with van der Waals surface area (Å²) in [4.78, 5) is 0. The van der Waals surface area contributed by atoms with E-state index in [9.17, 15) is 5.11 Å². The van der Waals surface area contributed by atoms with Gasteiger partial charge in [-0.25, -0.2) is 0 Å². The number of hydrogen-bond acceptors (Lipinski definition) is 2. The molecule has 2 nitrogen and oxygen atoms in total. The second kappa shape index (κ2) is 3.94. The van der Waals surface area contributed by atoms with Gasteiger partial charge in [-0.3, -0.25) is 0 Å². The maximum atomic E-state index is 9.48. The molecule has 10 heavy (non-hydrogen) atoms. The molecule has 0 aliphatic rings. The van der Waals surface area contributed by atoms with Crippen LogP contribution in [0.25, 0.3) is 0 Å². The van der Waals surface area contributed by atoms with Gasteiger partial charge in [0.05, 0.1) is 11.7 Å². The van der Waals surface area contributed by atoms with E-state index in [1.54, 1.807) is 13.8 Å². The molecule has 0 saturated heterocycles. The first kappa shape index (κ1) is 9.92. The molecule has 1 atom stereocenters. The van der Waals surface area contributed by atoms with Gasteiger partial charge in [-0.15, -0.1) is 0 Å². The van der Waals surface area contributed by atoms with Gasteiger partial charge in [-0.2, -0.15) is 0 Å². The Kier molecular flexibility index (Phi) is 3.91. The zero-order valence-corrected chi connectivity index (χ0v) is 7.35. The van der Waals surface area contributed by atoms with Crippen LogP contribution in [-0.4, -0.2) is 23.4 Å². The smallest absolute Gasteiger partial charge is 0.0853 e. The summed E-state index contributed by atoms with van der Waals surface area (Å²) in [6, 6.07) is 0. The molecule has 0 radical (unpaired) electrons. The van der Waals surface area contributed by atoms with Crippen LogP contribution in [0.2, 0.25) is 0 Å². The Bertz CT molecular complexity index is 83.7. The van der Waals surface area contributed by atoms with E-state index in [-0.39, 0.29) is 6.10 Å². The average Bonchev–Trinajstić information content (AvgIpc) is 1.80. The van der Waals surface area contributed by atoms with Gasteiger partial charge >= 0.3 is 0 Å². The van der Waals surface area contributed by atoms with Crippen molar-refractivity contribution in [3.05, 3.63) is 0 Å². The van der Waals surface area contributed by atoms with Crippen molar-refractivity contribution in [2.45, 2.75) is 45.8 Å². The topological polar surface area (TPSA) is 29.5 Å². The Balaban J connectivity index is 3.81. The van der Waals surface area contributed by atoms with E-state index in [1.807, 2.05) is 13.8 Å². The highest BCUT2D eigenvalue weighted by atomic mass is 16.5. The van der Waals surface area contributed by atoms with Gasteiger partial charge in [0.1, 0.15) is 0 Å². The first-order valence-corrected chi connectivity index (χ1v) is 3.86. The van der Waals surface area contributed by atoms with Crippen molar-refractivity contribution in [3.63, 3.8) is 0 Å². The van der Waals surface area contributed by atoms with Gasteiger partial charge in [0.15, 0.2) is 0 Å². The lowest BCUT2D eigenvalue weighted by atomic mass is 10.00. The largest absolute Gasteiger partial charge is 0.388 e. The molecule has 0 saturated carbocycles. The summed E-state index contributed by atoms with van der Waals surface area (Å²) in [5, 5.41) is 9.48. The summed E-state index contributed by atoms with van der Waals surface area (Å²) in [7, 11) is 0. The third-order valence-electron chi connectivity index (χ3n) is 1.53. The zero-order chi connectivity index (χ0) is 8.20. The molecular weight excluding hydrogens is 128 g/mol. The summed E-state index contributed by atoms with van der Waals surface area (Å²) in [6.07, 6.45) is 0.828. The Morgan fingerprint density at radius 2 is 1.90 bits per heavy atom. The predicted octanol–water partition coefficient (Wildman–Crippen LogP) is 1.57. The van der Waals surface area contributed by atoms with Gasteiger partial charge in [0.2, 0.25) is 0 Å². The standard InChI is InChI=1S/C8H18O2/c1-5-7(10-6-2)8(3,4)9/h7,9H,5-6H2,1-4H3/t7-/m1/s1. The number of rotatable bonds is 4. The second-order valence-corrected chi connectivity index (χ2v) is 3.01. The minimum atomic E-state index is -0.704. The van der Waals surface area contributed by atoms with Crippen molar-refractivity contribution < 1.29 is 9.84 Å². The molecule has 1 N–H and O–H groups in total. The van der Waals surface area contributed by atoms with Crippen LogP contribution in [-0.2, 0) is 4.74 Å². The lowest BCUT2D eigenvalue weighted by Crippen LogP contribution is -2.37. The normalized spacial score (nSPS) is 15.3. The van der Waals surface area contributed by atoms with Crippen LogP contribution in [0.3, 0.4) is 0 Å². The van der Waals surface area contributed by atoms with Crippen molar-refractivity contribution in [1.82, 2.24) is 0 Å². The van der Waals surface area contributed by atoms with Crippen molar-refractivity contribution >= 4 is 0 Å². The maximum absolute atomic E-state index is 9.48. The molecule has 0 rings (SSSR count). The summed E-state index contributed by atoms with van der Waals surface area (Å²) in [5.41, 5.74) is -0.704. The molecule has 0 aromatic heterocycles. The van der Waals surface area contributed by atoms with Gasteiger partial charge in [0.25, 0.3) is 0 Å². The molecule has 0 spiro atoms. The molecule has 0 aromatic carbocycles. The molecule has 0 amide bonds. The average molecular weight is 146 g/mol. The van der Waals surface area contributed by atoms with E-state index in [4.69, 9.17) is 4.74 Å². The van der Waals surface area contributed by atoms with E-state index in [0.29, 0.717) is 6.61 Å². The second-order valence-electron chi connectivity index (χ2n) is 3.01. The predicted molar refractivity (Wildman–Crippen MR) is 42.0 cm³/mol. The van der Waals surface area contributed by atoms with E-state index in [0.717, 1.165) is 6.42 Å². The van der Waals surface area contributed by atoms with Crippen LogP contribution in [0.1, 0.15) is 34.1 Å². The fraction of sp³-hybridized carbons (Fsp3) is 1.00. The Morgan fingerprint density at radius 3 is 2.00 bits per heavy atom. The minimum absolute atomic E-state index is 0.0301. The third-order valence-corrected chi connectivity index (χ3v) is 1.53. The first-order chi connectivity index (χ1) is 4.52. The molecule has 0 fully saturated rings. The molecule has 0 aliphatic heterocycles. The van der Waals surface area contributed by atoms with Gasteiger partial charge < -0.3 is 9.84 Å². The Morgan fingerprint density at radius 1 is 1.40 bits per heavy atom. The fourth-order valence-electron chi connectivity index (χ4n) is 1.02. The van der Waals surface area contributed by atoms with E-state index >= 15 is 0 Å². The van der Waals surface area contributed by atoms with E-state index < -0.39 is 5.60 Å².